The molecule has 0 aromatic rings. The summed E-state index contributed by atoms with van der Waals surface area (Å²) in [6.07, 6.45) is 0. The molecule has 0 aromatic carbocycles. The van der Waals surface area contributed by atoms with E-state index in [1.807, 2.05) is 0 Å². The highest BCUT2D eigenvalue weighted by atomic mass is 32.2. The molecule has 0 saturated carbocycles. The Morgan fingerprint density at radius 3 is 2.50 bits per heavy atom. The molecule has 1 N–H and O–H groups in total. The average molecular weight is 162 g/mol. The van der Waals surface area contributed by atoms with Crippen molar-refractivity contribution in [2.45, 2.75) is 13.8 Å². The Morgan fingerprint density at radius 1 is 1.70 bits per heavy atom. The topological polar surface area (TPSA) is 44.2 Å². The van der Waals surface area contributed by atoms with Crippen LogP contribution in [-0.2, 0) is 9.92 Å². The molecule has 1 unspecified atom stereocenters. The molecule has 1 rings (SSSR count). The van der Waals surface area contributed by atoms with Gasteiger partial charge in [0, 0.05) is 18.8 Å². The van der Waals surface area contributed by atoms with Crippen LogP contribution in [0.4, 0.5) is 0 Å². The molecule has 0 spiro atoms. The third kappa shape index (κ3) is 1.32. The fraction of sp³-hybridized carbons (Fsp3) is 1.00. The van der Waals surface area contributed by atoms with Gasteiger partial charge in [-0.25, -0.2) is 13.3 Å². The molecule has 1 aliphatic rings. The molecule has 0 bridgehead atoms. The quantitative estimate of drug-likeness (QED) is 0.644. The number of nitrogens with one attached hydrogen (secondary N) is 1. The molecule has 60 valence electrons. The Morgan fingerprint density at radius 2 is 2.20 bits per heavy atom. The van der Waals surface area contributed by atoms with Gasteiger partial charge in [-0.15, -0.1) is 0 Å². The fourth-order valence-corrected chi connectivity index (χ4v) is 2.42. The van der Waals surface area contributed by atoms with Crippen LogP contribution in [0, 0.1) is 10.7 Å². The molecule has 1 saturated heterocycles. The maximum absolute atomic E-state index is 11.3. The largest absolute Gasteiger partial charge is 0.240 e. The average Bonchev–Trinajstić information content (AvgIpc) is 1.81. The van der Waals surface area contributed by atoms with E-state index in [1.54, 1.807) is 11.2 Å². The second-order valence-electron chi connectivity index (χ2n) is 2.88. The molecule has 0 aliphatic carbocycles. The van der Waals surface area contributed by atoms with Crippen LogP contribution in [0.5, 0.6) is 0 Å². The molecule has 1 heterocycles. The maximum Gasteiger partial charge on any atom is 0.107 e. The van der Waals surface area contributed by atoms with Gasteiger partial charge in [-0.3, -0.25) is 0 Å². The van der Waals surface area contributed by atoms with Crippen LogP contribution in [0.2, 0.25) is 0 Å². The molecule has 1 fully saturated rings. The SMILES string of the molecule is CCS(=N)(=O)N1CC(C)C1. The van der Waals surface area contributed by atoms with E-state index in [0.29, 0.717) is 11.7 Å². The van der Waals surface area contributed by atoms with Crippen LogP contribution in [-0.4, -0.2) is 27.4 Å². The summed E-state index contributed by atoms with van der Waals surface area (Å²) in [6, 6.07) is 0. The Balaban J connectivity index is 2.53. The first-order chi connectivity index (χ1) is 4.56. The van der Waals surface area contributed by atoms with E-state index in [9.17, 15) is 4.21 Å². The van der Waals surface area contributed by atoms with Crippen LogP contribution >= 0.6 is 0 Å². The molecule has 4 heteroatoms. The predicted octanol–water partition coefficient (Wildman–Crippen LogP) is 0.920. The van der Waals surface area contributed by atoms with Gasteiger partial charge in [-0.2, -0.15) is 0 Å². The summed E-state index contributed by atoms with van der Waals surface area (Å²) in [7, 11) is -2.36. The normalized spacial score (nSPS) is 27.4. The summed E-state index contributed by atoms with van der Waals surface area (Å²) in [5.74, 6) is 1.09. The minimum Gasteiger partial charge on any atom is -0.240 e. The Bertz CT molecular complexity index is 204. The van der Waals surface area contributed by atoms with E-state index >= 15 is 0 Å². The summed E-state index contributed by atoms with van der Waals surface area (Å²) < 4.78 is 20.4. The number of nitrogens with zero attached hydrogens (tertiary/aromatic N) is 1. The second kappa shape index (κ2) is 2.51. The zero-order chi connectivity index (χ0) is 7.78. The van der Waals surface area contributed by atoms with E-state index in [0.717, 1.165) is 13.1 Å². The van der Waals surface area contributed by atoms with Crippen molar-refractivity contribution in [3.63, 3.8) is 0 Å². The van der Waals surface area contributed by atoms with E-state index in [-0.39, 0.29) is 0 Å². The van der Waals surface area contributed by atoms with Gasteiger partial charge in [0.1, 0.15) is 9.92 Å². The van der Waals surface area contributed by atoms with Crippen molar-refractivity contribution in [1.29, 1.82) is 4.78 Å². The molecule has 3 nitrogen and oxygen atoms in total. The highest BCUT2D eigenvalue weighted by Crippen LogP contribution is 2.18. The third-order valence-electron chi connectivity index (χ3n) is 1.84. The Hall–Kier alpha value is -0.0900. The summed E-state index contributed by atoms with van der Waals surface area (Å²) >= 11 is 0. The first kappa shape index (κ1) is 8.01. The number of hydrogen-bond acceptors (Lipinski definition) is 2. The molecule has 1 atom stereocenters. The summed E-state index contributed by atoms with van der Waals surface area (Å²) in [4.78, 5) is 0. The van der Waals surface area contributed by atoms with Gasteiger partial charge in [-0.1, -0.05) is 13.8 Å². The fourth-order valence-electron chi connectivity index (χ4n) is 1.07. The van der Waals surface area contributed by atoms with Crippen molar-refractivity contribution in [3.8, 4) is 0 Å². The van der Waals surface area contributed by atoms with E-state index in [4.69, 9.17) is 4.78 Å². The number of hydrogen-bond donors (Lipinski definition) is 1. The van der Waals surface area contributed by atoms with Gasteiger partial charge in [0.2, 0.25) is 0 Å². The summed E-state index contributed by atoms with van der Waals surface area (Å²) in [5, 5.41) is 0. The van der Waals surface area contributed by atoms with Crippen molar-refractivity contribution in [3.05, 3.63) is 0 Å². The van der Waals surface area contributed by atoms with Gasteiger partial charge in [0.25, 0.3) is 0 Å². The van der Waals surface area contributed by atoms with Crippen molar-refractivity contribution >= 4 is 9.92 Å². The standard InChI is InChI=1S/C6H14N2OS/c1-3-10(7,9)8-4-6(2)5-8/h6-7H,3-5H2,1-2H3. The highest BCUT2D eigenvalue weighted by Gasteiger charge is 2.28. The lowest BCUT2D eigenvalue weighted by atomic mass is 10.1. The van der Waals surface area contributed by atoms with Crippen LogP contribution in [0.15, 0.2) is 0 Å². The minimum atomic E-state index is -2.36. The van der Waals surface area contributed by atoms with Gasteiger partial charge >= 0.3 is 0 Å². The van der Waals surface area contributed by atoms with Crippen LogP contribution in [0.3, 0.4) is 0 Å². The second-order valence-corrected chi connectivity index (χ2v) is 5.26. The van der Waals surface area contributed by atoms with Crippen molar-refractivity contribution in [2.75, 3.05) is 18.8 Å². The minimum absolute atomic E-state index is 0.458. The van der Waals surface area contributed by atoms with E-state index < -0.39 is 9.92 Å². The molecule has 0 radical (unpaired) electrons. The smallest absolute Gasteiger partial charge is 0.107 e. The first-order valence-electron chi connectivity index (χ1n) is 3.58. The summed E-state index contributed by atoms with van der Waals surface area (Å²) in [6.45, 7) is 5.60. The zero-order valence-corrected chi connectivity index (χ0v) is 7.28. The van der Waals surface area contributed by atoms with Gasteiger partial charge < -0.3 is 0 Å². The van der Waals surface area contributed by atoms with Gasteiger partial charge in [0.05, 0.1) is 0 Å². The predicted molar refractivity (Wildman–Crippen MR) is 42.1 cm³/mol. The lowest BCUT2D eigenvalue weighted by Crippen LogP contribution is -2.48. The van der Waals surface area contributed by atoms with Crippen LogP contribution in [0.25, 0.3) is 0 Å². The number of rotatable bonds is 2. The Labute approximate surface area is 62.5 Å². The molecule has 0 amide bonds. The Kier molecular flexibility index (Phi) is 2.01. The monoisotopic (exact) mass is 162 g/mol. The lowest BCUT2D eigenvalue weighted by molar-refractivity contribution is 0.226. The van der Waals surface area contributed by atoms with E-state index in [1.165, 1.54) is 0 Å². The first-order valence-corrected chi connectivity index (χ1v) is 5.26. The molecule has 1 aliphatic heterocycles. The molecule has 0 aromatic heterocycles. The molecular formula is C6H14N2OS. The van der Waals surface area contributed by atoms with Crippen LogP contribution in [0.1, 0.15) is 13.8 Å². The van der Waals surface area contributed by atoms with E-state index in [2.05, 4.69) is 6.92 Å². The highest BCUT2D eigenvalue weighted by molar-refractivity contribution is 7.90. The van der Waals surface area contributed by atoms with Crippen molar-refractivity contribution < 1.29 is 4.21 Å². The zero-order valence-electron chi connectivity index (χ0n) is 6.46. The van der Waals surface area contributed by atoms with Crippen molar-refractivity contribution in [1.82, 2.24) is 4.31 Å². The summed E-state index contributed by atoms with van der Waals surface area (Å²) in [5.41, 5.74) is 0. The lowest BCUT2D eigenvalue weighted by Gasteiger charge is -2.37. The molecule has 10 heavy (non-hydrogen) atoms. The van der Waals surface area contributed by atoms with Crippen LogP contribution < -0.4 is 0 Å². The third-order valence-corrected chi connectivity index (χ3v) is 3.75. The van der Waals surface area contributed by atoms with Gasteiger partial charge in [0.15, 0.2) is 0 Å². The maximum atomic E-state index is 11.3. The molecular weight excluding hydrogens is 148 g/mol. The van der Waals surface area contributed by atoms with Gasteiger partial charge in [-0.05, 0) is 5.92 Å². The van der Waals surface area contributed by atoms with Crippen molar-refractivity contribution in [2.24, 2.45) is 5.92 Å².